The van der Waals surface area contributed by atoms with Crippen molar-refractivity contribution in [2.75, 3.05) is 56.7 Å². The van der Waals surface area contributed by atoms with Crippen molar-refractivity contribution < 1.29 is 24.2 Å². The summed E-state index contributed by atoms with van der Waals surface area (Å²) in [7, 11) is 4.18. The number of ether oxygens (including phenoxy) is 1. The lowest BCUT2D eigenvalue weighted by molar-refractivity contribution is -0.205. The van der Waals surface area contributed by atoms with Crippen LogP contribution in [0.3, 0.4) is 0 Å². The quantitative estimate of drug-likeness (QED) is 0.256. The average Bonchev–Trinajstić information content (AvgIpc) is 3.91. The lowest BCUT2D eigenvalue weighted by Gasteiger charge is -2.61. The molecule has 1 amide bonds. The Morgan fingerprint density at radius 2 is 1.87 bits per heavy atom. The molecule has 9 atom stereocenters. The van der Waals surface area contributed by atoms with Gasteiger partial charge in [0.2, 0.25) is 11.9 Å². The molecule has 1 unspecified atom stereocenters. The van der Waals surface area contributed by atoms with Gasteiger partial charge < -0.3 is 34.8 Å². The number of nitrogens with zero attached hydrogens (tertiary/aromatic N) is 7. The van der Waals surface area contributed by atoms with E-state index in [1.54, 1.807) is 18.1 Å². The first-order valence-corrected chi connectivity index (χ1v) is 21.5. The van der Waals surface area contributed by atoms with Crippen LogP contribution in [0.2, 0.25) is 0 Å². The van der Waals surface area contributed by atoms with Gasteiger partial charge in [0.1, 0.15) is 11.9 Å². The second kappa shape index (κ2) is 15.3. The standard InChI is InChI=1S/C41H62N8O5S/c1-8-39(4)21-30(40(5)25(2)9-15-41(26(3)35(39)53)16-10-29(50)34(40)41)54-32(52)23-55-28-12-18-47(19-13-28)31(51)14-20-49-24-43-33-36(44-38(42)45-37(33)49)48-17-11-27(22-48)46(6)7/h8,24-28,30,34-35,53H,1,9-23H2,2-7H3,(H2,42,44,45)/t25-,26+,27?,30-,34-,35+,39-,40+,41+/m1/s1. The van der Waals surface area contributed by atoms with Gasteiger partial charge in [-0.25, -0.2) is 4.98 Å². The smallest absolute Gasteiger partial charge is 0.316 e. The number of esters is 1. The molecular weight excluding hydrogens is 717 g/mol. The van der Waals surface area contributed by atoms with Crippen LogP contribution in [-0.2, 0) is 25.7 Å². The summed E-state index contributed by atoms with van der Waals surface area (Å²) in [6.45, 7) is 16.1. The summed E-state index contributed by atoms with van der Waals surface area (Å²) in [6, 6.07) is 0.437. The molecular formula is C41H62N8O5S. The van der Waals surface area contributed by atoms with Crippen LogP contribution >= 0.6 is 11.8 Å². The molecule has 14 heteroatoms. The number of hydrogen-bond acceptors (Lipinski definition) is 12. The maximum Gasteiger partial charge on any atom is 0.316 e. The first-order chi connectivity index (χ1) is 26.1. The third kappa shape index (κ3) is 7.06. The predicted molar refractivity (Wildman–Crippen MR) is 215 cm³/mol. The topological polar surface area (TPSA) is 160 Å². The van der Waals surface area contributed by atoms with E-state index in [0.29, 0.717) is 56.1 Å². The number of ketones is 1. The second-order valence-electron chi connectivity index (χ2n) is 18.1. The van der Waals surface area contributed by atoms with E-state index in [1.165, 1.54) is 0 Å². The summed E-state index contributed by atoms with van der Waals surface area (Å²) in [5.74, 6) is 1.11. The highest BCUT2D eigenvalue weighted by Crippen LogP contribution is 2.68. The Labute approximate surface area is 330 Å². The fourth-order valence-corrected chi connectivity index (χ4v) is 12.2. The highest BCUT2D eigenvalue weighted by molar-refractivity contribution is 8.00. The average molecular weight is 779 g/mol. The van der Waals surface area contributed by atoms with Crippen molar-refractivity contribution in [1.82, 2.24) is 29.3 Å². The van der Waals surface area contributed by atoms with E-state index < -0.39 is 23.0 Å². The van der Waals surface area contributed by atoms with Crippen molar-refractivity contribution >= 4 is 52.4 Å². The van der Waals surface area contributed by atoms with Crippen LogP contribution in [0.4, 0.5) is 11.8 Å². The van der Waals surface area contributed by atoms with Crippen molar-refractivity contribution in [3.05, 3.63) is 19.0 Å². The van der Waals surface area contributed by atoms with Gasteiger partial charge in [0, 0.05) is 73.6 Å². The summed E-state index contributed by atoms with van der Waals surface area (Å²) >= 11 is 1.60. The number of fused-ring (bicyclic) bond motifs is 1. The van der Waals surface area contributed by atoms with Crippen LogP contribution in [-0.4, -0.2) is 122 Å². The molecule has 3 saturated carbocycles. The first kappa shape index (κ1) is 40.0. The minimum absolute atomic E-state index is 0.0620. The largest absolute Gasteiger partial charge is 0.461 e. The fourth-order valence-electron chi connectivity index (χ4n) is 11.2. The van der Waals surface area contributed by atoms with Crippen LogP contribution in [0.5, 0.6) is 0 Å². The number of carbonyl (C=O) groups excluding carboxylic acids is 3. The summed E-state index contributed by atoms with van der Waals surface area (Å²) < 4.78 is 8.36. The van der Waals surface area contributed by atoms with Crippen LogP contribution in [0.1, 0.15) is 85.5 Å². The Morgan fingerprint density at radius 1 is 1.13 bits per heavy atom. The normalized spacial score (nSPS) is 35.5. The summed E-state index contributed by atoms with van der Waals surface area (Å²) in [5.41, 5.74) is 6.03. The number of thioether (sulfide) groups is 1. The molecule has 5 fully saturated rings. The van der Waals surface area contributed by atoms with E-state index in [2.05, 4.69) is 66.2 Å². The Hall–Kier alpha value is -3.23. The molecule has 2 aromatic rings. The van der Waals surface area contributed by atoms with E-state index in [-0.39, 0.29) is 57.8 Å². The van der Waals surface area contributed by atoms with Crippen LogP contribution in [0.15, 0.2) is 19.0 Å². The molecule has 7 rings (SSSR count). The van der Waals surface area contributed by atoms with Gasteiger partial charge in [0.15, 0.2) is 17.0 Å². The number of likely N-dealkylation sites (tertiary alicyclic amines) is 1. The molecule has 2 saturated heterocycles. The molecule has 0 radical (unpaired) electrons. The zero-order chi connectivity index (χ0) is 39.4. The number of amides is 1. The zero-order valence-electron chi connectivity index (χ0n) is 33.7. The van der Waals surface area contributed by atoms with Crippen molar-refractivity contribution in [1.29, 1.82) is 0 Å². The molecule has 0 aromatic carbocycles. The Balaban J connectivity index is 0.936. The third-order valence-electron chi connectivity index (χ3n) is 15.0. The van der Waals surface area contributed by atoms with E-state index in [1.807, 2.05) is 22.5 Å². The van der Waals surface area contributed by atoms with Gasteiger partial charge in [-0.15, -0.1) is 18.3 Å². The van der Waals surface area contributed by atoms with Gasteiger partial charge in [-0.05, 0) is 76.3 Å². The van der Waals surface area contributed by atoms with Gasteiger partial charge in [0.25, 0.3) is 0 Å². The number of Topliss-reactive ketones (excluding diaryl/α,β-unsaturated/α-hetero) is 1. The molecule has 5 aliphatic rings. The number of piperidine rings is 1. The number of aromatic nitrogens is 4. The van der Waals surface area contributed by atoms with Gasteiger partial charge in [-0.1, -0.05) is 33.8 Å². The van der Waals surface area contributed by atoms with Gasteiger partial charge in [-0.2, -0.15) is 9.97 Å². The monoisotopic (exact) mass is 778 g/mol. The number of aryl methyl sites for hydroxylation is 1. The number of carbonyl (C=O) groups is 3. The number of aliphatic hydroxyl groups excluding tert-OH is 1. The first-order valence-electron chi connectivity index (χ1n) is 20.4. The molecule has 4 heterocycles. The highest BCUT2D eigenvalue weighted by Gasteiger charge is 2.68. The maximum absolute atomic E-state index is 13.7. The number of rotatable bonds is 10. The lowest BCUT2D eigenvalue weighted by Crippen LogP contribution is -2.63. The summed E-state index contributed by atoms with van der Waals surface area (Å²) in [6.07, 6.45) is 8.92. The molecule has 3 aliphatic carbocycles. The number of nitrogen functional groups attached to an aromatic ring is 1. The third-order valence-corrected chi connectivity index (χ3v) is 16.4. The lowest BCUT2D eigenvalue weighted by atomic mass is 9.44. The molecule has 0 spiro atoms. The van der Waals surface area contributed by atoms with E-state index in [9.17, 15) is 19.5 Å². The number of imidazole rings is 1. The Kier molecular flexibility index (Phi) is 11.1. The minimum Gasteiger partial charge on any atom is -0.461 e. The van der Waals surface area contributed by atoms with Crippen molar-refractivity contribution in [3.63, 3.8) is 0 Å². The number of nitrogens with two attached hydrogens (primary N) is 1. The predicted octanol–water partition coefficient (Wildman–Crippen LogP) is 4.57. The molecule has 302 valence electrons. The molecule has 2 aromatic heterocycles. The van der Waals surface area contributed by atoms with Crippen LogP contribution in [0, 0.1) is 34.0 Å². The molecule has 13 nitrogen and oxygen atoms in total. The van der Waals surface area contributed by atoms with Crippen molar-refractivity contribution in [3.8, 4) is 0 Å². The molecule has 2 bridgehead atoms. The molecule has 3 N–H and O–H groups in total. The van der Waals surface area contributed by atoms with Gasteiger partial charge in [0.05, 0.1) is 18.2 Å². The molecule has 2 aliphatic heterocycles. The zero-order valence-corrected chi connectivity index (χ0v) is 34.5. The number of aliphatic hydroxyl groups is 1. The van der Waals surface area contributed by atoms with E-state index in [0.717, 1.165) is 57.4 Å². The summed E-state index contributed by atoms with van der Waals surface area (Å²) in [5, 5.41) is 12.0. The second-order valence-corrected chi connectivity index (χ2v) is 19.4. The highest BCUT2D eigenvalue weighted by atomic mass is 32.2. The summed E-state index contributed by atoms with van der Waals surface area (Å²) in [4.78, 5) is 60.8. The number of hydrogen-bond donors (Lipinski definition) is 2. The van der Waals surface area contributed by atoms with Gasteiger partial charge in [-0.3, -0.25) is 14.4 Å². The SMILES string of the molecule is C=C[C@]1(C)C[C@@H](OC(=O)CSC2CCN(C(=O)CCn3cnc4c(N5CCC(N(C)C)C5)nc(N)nc43)CC2)[C@]2(C)[C@H](C)CC[C@]3(CCC(=O)[C@@H]32)[C@@H](C)[C@@H]1O. The Bertz CT molecular complexity index is 1800. The fraction of sp³-hybridized carbons (Fsp3) is 0.756. The van der Waals surface area contributed by atoms with E-state index >= 15 is 0 Å². The minimum atomic E-state index is -0.684. The van der Waals surface area contributed by atoms with Crippen molar-refractivity contribution in [2.24, 2.45) is 34.0 Å². The van der Waals surface area contributed by atoms with Gasteiger partial charge >= 0.3 is 5.97 Å². The number of likely N-dealkylation sites (N-methyl/N-ethyl adjacent to an activating group) is 1. The van der Waals surface area contributed by atoms with Crippen molar-refractivity contribution in [2.45, 2.75) is 116 Å². The maximum atomic E-state index is 13.7. The number of anilines is 2. The molecule has 55 heavy (non-hydrogen) atoms. The Morgan fingerprint density at radius 3 is 2.56 bits per heavy atom. The van der Waals surface area contributed by atoms with Crippen LogP contribution in [0.25, 0.3) is 11.2 Å². The van der Waals surface area contributed by atoms with Crippen LogP contribution < -0.4 is 10.6 Å². The van der Waals surface area contributed by atoms with E-state index in [4.69, 9.17) is 10.5 Å².